The molecule has 6 nitrogen and oxygen atoms in total. The monoisotopic (exact) mass is 279 g/mol. The second kappa shape index (κ2) is 8.14. The minimum absolute atomic E-state index is 0.196. The van der Waals surface area contributed by atoms with Gasteiger partial charge >= 0.3 is 5.97 Å². The lowest BCUT2D eigenvalue weighted by molar-refractivity contribution is -0.140. The van der Waals surface area contributed by atoms with Crippen LogP contribution in [0.5, 0.6) is 0 Å². The van der Waals surface area contributed by atoms with Crippen molar-refractivity contribution >= 4 is 17.6 Å². The number of hydrogen-bond acceptors (Lipinski definition) is 5. The van der Waals surface area contributed by atoms with E-state index in [-0.39, 0.29) is 11.9 Å². The number of methoxy groups -OCH3 is 1. The molecule has 0 unspecified atom stereocenters. The maximum Gasteiger partial charge on any atom is 0.307 e. The number of nitrogens with zero attached hydrogens (tertiary/aromatic N) is 2. The molecule has 0 aliphatic heterocycles. The number of carbonyl (C=O) groups excluding carboxylic acids is 2. The van der Waals surface area contributed by atoms with Crippen LogP contribution < -0.4 is 10.2 Å². The molecule has 0 bridgehead atoms. The molecule has 1 heterocycles. The molecule has 0 aromatic carbocycles. The minimum atomic E-state index is -0.249. The fourth-order valence-corrected chi connectivity index (χ4v) is 1.79. The van der Waals surface area contributed by atoms with Crippen LogP contribution in [0.25, 0.3) is 0 Å². The average molecular weight is 279 g/mol. The zero-order valence-corrected chi connectivity index (χ0v) is 12.2. The van der Waals surface area contributed by atoms with Gasteiger partial charge < -0.3 is 15.0 Å². The number of nitrogens with one attached hydrogen (secondary N) is 1. The molecule has 6 heteroatoms. The quantitative estimate of drug-likeness (QED) is 0.760. The Morgan fingerprint density at radius 1 is 1.40 bits per heavy atom. The normalized spacial score (nSPS) is 9.95. The van der Waals surface area contributed by atoms with Crippen LogP contribution in [-0.2, 0) is 9.53 Å². The molecule has 1 aromatic rings. The molecule has 0 radical (unpaired) electrons. The van der Waals surface area contributed by atoms with E-state index in [1.165, 1.54) is 7.11 Å². The van der Waals surface area contributed by atoms with Crippen LogP contribution in [0.1, 0.15) is 30.8 Å². The summed E-state index contributed by atoms with van der Waals surface area (Å²) in [5.41, 5.74) is 1.24. The summed E-state index contributed by atoms with van der Waals surface area (Å²) in [6, 6.07) is 3.55. The predicted octanol–water partition coefficient (Wildman–Crippen LogP) is 1.22. The van der Waals surface area contributed by atoms with E-state index in [4.69, 9.17) is 0 Å². The van der Waals surface area contributed by atoms with Gasteiger partial charge in [0.15, 0.2) is 0 Å². The predicted molar refractivity (Wildman–Crippen MR) is 76.8 cm³/mol. The first-order valence-electron chi connectivity index (χ1n) is 6.68. The lowest BCUT2D eigenvalue weighted by Crippen LogP contribution is -2.27. The Morgan fingerprint density at radius 2 is 2.15 bits per heavy atom. The first-order valence-corrected chi connectivity index (χ1v) is 6.68. The molecule has 1 N–H and O–H groups in total. The van der Waals surface area contributed by atoms with Gasteiger partial charge in [-0.25, -0.2) is 0 Å². The highest BCUT2D eigenvalue weighted by atomic mass is 16.5. The summed E-state index contributed by atoms with van der Waals surface area (Å²) < 4.78 is 4.63. The van der Waals surface area contributed by atoms with Crippen LogP contribution in [0.15, 0.2) is 18.3 Å². The van der Waals surface area contributed by atoms with Gasteiger partial charge in [0.25, 0.3) is 5.91 Å². The standard InChI is InChI=1S/C14H21N3O3/c1-4-15-14(19)12-10-11(6-8-16-12)17(5-2)9-7-13(18)20-3/h6,8,10H,4-5,7,9H2,1-3H3,(H,15,19). The Morgan fingerprint density at radius 3 is 2.75 bits per heavy atom. The Labute approximate surface area is 119 Å². The molecule has 0 fully saturated rings. The van der Waals surface area contributed by atoms with Crippen molar-refractivity contribution in [2.75, 3.05) is 31.6 Å². The fraction of sp³-hybridized carbons (Fsp3) is 0.500. The topological polar surface area (TPSA) is 71.5 Å². The highest BCUT2D eigenvalue weighted by molar-refractivity contribution is 5.93. The van der Waals surface area contributed by atoms with Crippen LogP contribution in [0.2, 0.25) is 0 Å². The van der Waals surface area contributed by atoms with Crippen molar-refractivity contribution in [3.8, 4) is 0 Å². The molecule has 1 aromatic heterocycles. The number of rotatable bonds is 7. The first-order chi connectivity index (χ1) is 9.62. The zero-order chi connectivity index (χ0) is 15.0. The number of anilines is 1. The number of ether oxygens (including phenoxy) is 1. The summed E-state index contributed by atoms with van der Waals surface area (Å²) in [6.07, 6.45) is 1.91. The van der Waals surface area contributed by atoms with Gasteiger partial charge in [0.1, 0.15) is 5.69 Å². The van der Waals surface area contributed by atoms with E-state index in [0.717, 1.165) is 12.2 Å². The number of hydrogen-bond donors (Lipinski definition) is 1. The van der Waals surface area contributed by atoms with Crippen LogP contribution in [0.4, 0.5) is 5.69 Å². The van der Waals surface area contributed by atoms with Crippen molar-refractivity contribution in [1.29, 1.82) is 0 Å². The van der Waals surface area contributed by atoms with Gasteiger partial charge in [-0.1, -0.05) is 0 Å². The highest BCUT2D eigenvalue weighted by Crippen LogP contribution is 2.15. The minimum Gasteiger partial charge on any atom is -0.469 e. The van der Waals surface area contributed by atoms with Crippen molar-refractivity contribution in [3.05, 3.63) is 24.0 Å². The van der Waals surface area contributed by atoms with Crippen molar-refractivity contribution in [3.63, 3.8) is 0 Å². The second-order valence-electron chi connectivity index (χ2n) is 4.16. The SMILES string of the molecule is CCNC(=O)c1cc(N(CC)CCC(=O)OC)ccn1. The number of amides is 1. The smallest absolute Gasteiger partial charge is 0.307 e. The molecule has 0 saturated carbocycles. The van der Waals surface area contributed by atoms with Gasteiger partial charge in [0, 0.05) is 31.5 Å². The summed E-state index contributed by atoms with van der Waals surface area (Å²) in [7, 11) is 1.37. The Kier molecular flexibility index (Phi) is 6.49. The fourth-order valence-electron chi connectivity index (χ4n) is 1.79. The summed E-state index contributed by atoms with van der Waals surface area (Å²) in [5.74, 6) is -0.445. The zero-order valence-electron chi connectivity index (χ0n) is 12.2. The van der Waals surface area contributed by atoms with E-state index >= 15 is 0 Å². The maximum atomic E-state index is 11.8. The van der Waals surface area contributed by atoms with Crippen LogP contribution in [-0.4, -0.2) is 43.6 Å². The molecule has 0 aliphatic rings. The lowest BCUT2D eigenvalue weighted by Gasteiger charge is -2.22. The summed E-state index contributed by atoms with van der Waals surface area (Å²) in [6.45, 7) is 5.68. The van der Waals surface area contributed by atoms with Gasteiger partial charge in [-0.15, -0.1) is 0 Å². The summed E-state index contributed by atoms with van der Waals surface area (Å²) in [5, 5.41) is 2.71. The van der Waals surface area contributed by atoms with Crippen molar-refractivity contribution < 1.29 is 14.3 Å². The average Bonchev–Trinajstić information content (AvgIpc) is 2.48. The van der Waals surface area contributed by atoms with Gasteiger partial charge in [-0.2, -0.15) is 0 Å². The third kappa shape index (κ3) is 4.53. The Balaban J connectivity index is 2.79. The van der Waals surface area contributed by atoms with Gasteiger partial charge in [-0.05, 0) is 26.0 Å². The molecule has 1 rings (SSSR count). The van der Waals surface area contributed by atoms with Crippen molar-refractivity contribution in [2.45, 2.75) is 20.3 Å². The van der Waals surface area contributed by atoms with E-state index < -0.39 is 0 Å². The van der Waals surface area contributed by atoms with Crippen LogP contribution >= 0.6 is 0 Å². The maximum absolute atomic E-state index is 11.8. The molecule has 1 amide bonds. The number of carbonyl (C=O) groups is 2. The number of pyridine rings is 1. The van der Waals surface area contributed by atoms with E-state index in [0.29, 0.717) is 25.2 Å². The third-order valence-electron chi connectivity index (χ3n) is 2.87. The molecular formula is C14H21N3O3. The summed E-state index contributed by atoms with van der Waals surface area (Å²) in [4.78, 5) is 29.0. The Bertz CT molecular complexity index is 463. The van der Waals surface area contributed by atoms with E-state index in [2.05, 4.69) is 15.0 Å². The van der Waals surface area contributed by atoms with Gasteiger partial charge in [-0.3, -0.25) is 14.6 Å². The summed E-state index contributed by atoms with van der Waals surface area (Å²) >= 11 is 0. The van der Waals surface area contributed by atoms with E-state index in [1.807, 2.05) is 24.8 Å². The lowest BCUT2D eigenvalue weighted by atomic mass is 10.2. The Hall–Kier alpha value is -2.11. The van der Waals surface area contributed by atoms with Crippen molar-refractivity contribution in [1.82, 2.24) is 10.3 Å². The molecule has 20 heavy (non-hydrogen) atoms. The third-order valence-corrected chi connectivity index (χ3v) is 2.87. The molecule has 110 valence electrons. The molecular weight excluding hydrogens is 258 g/mol. The van der Waals surface area contributed by atoms with Gasteiger partial charge in [0.05, 0.1) is 13.5 Å². The van der Waals surface area contributed by atoms with Gasteiger partial charge in [0.2, 0.25) is 0 Å². The van der Waals surface area contributed by atoms with E-state index in [9.17, 15) is 9.59 Å². The highest BCUT2D eigenvalue weighted by Gasteiger charge is 2.11. The van der Waals surface area contributed by atoms with Crippen LogP contribution in [0.3, 0.4) is 0 Å². The largest absolute Gasteiger partial charge is 0.469 e. The molecule has 0 saturated heterocycles. The van der Waals surface area contributed by atoms with Crippen molar-refractivity contribution in [2.24, 2.45) is 0 Å². The molecule has 0 spiro atoms. The van der Waals surface area contributed by atoms with E-state index in [1.54, 1.807) is 12.3 Å². The first kappa shape index (κ1) is 15.9. The number of aromatic nitrogens is 1. The molecule has 0 atom stereocenters. The second-order valence-corrected chi connectivity index (χ2v) is 4.16. The van der Waals surface area contributed by atoms with Crippen LogP contribution in [0, 0.1) is 0 Å². The molecule has 0 aliphatic carbocycles. The number of esters is 1.